The maximum atomic E-state index is 11.3. The molecule has 0 spiro atoms. The maximum absolute atomic E-state index is 11.3. The highest BCUT2D eigenvalue weighted by Gasteiger charge is 2.12. The van der Waals surface area contributed by atoms with Gasteiger partial charge in [0.2, 0.25) is 6.29 Å². The van der Waals surface area contributed by atoms with Crippen LogP contribution in [-0.4, -0.2) is 35.9 Å². The number of hydrogen-bond donors (Lipinski definition) is 3. The van der Waals surface area contributed by atoms with E-state index in [9.17, 15) is 4.79 Å². The van der Waals surface area contributed by atoms with Crippen molar-refractivity contribution in [1.82, 2.24) is 10.3 Å². The minimum atomic E-state index is -1.40. The summed E-state index contributed by atoms with van der Waals surface area (Å²) in [7, 11) is 1.28. The van der Waals surface area contributed by atoms with E-state index in [0.29, 0.717) is 13.0 Å². The Kier molecular flexibility index (Phi) is 3.96. The van der Waals surface area contributed by atoms with Crippen LogP contribution >= 0.6 is 0 Å². The molecule has 1 amide bonds. The van der Waals surface area contributed by atoms with Crippen LogP contribution in [0.25, 0.3) is 10.9 Å². The van der Waals surface area contributed by atoms with Crippen LogP contribution in [0.3, 0.4) is 0 Å². The third-order valence-corrected chi connectivity index (χ3v) is 2.82. The number of amides is 1. The monoisotopic (exact) mass is 248 g/mol. The normalized spacial score (nSPS) is 12.6. The van der Waals surface area contributed by atoms with Crippen LogP contribution in [0.5, 0.6) is 0 Å². The second-order valence-corrected chi connectivity index (χ2v) is 3.99. The molecule has 5 heteroatoms. The lowest BCUT2D eigenvalue weighted by atomic mass is 10.1. The molecule has 0 aliphatic carbocycles. The lowest BCUT2D eigenvalue weighted by molar-refractivity contribution is -0.152. The third-order valence-electron chi connectivity index (χ3n) is 2.82. The highest BCUT2D eigenvalue weighted by Crippen LogP contribution is 2.17. The molecule has 0 fully saturated rings. The molecular weight excluding hydrogens is 232 g/mol. The molecule has 0 bridgehead atoms. The number of benzene rings is 1. The predicted molar refractivity (Wildman–Crippen MR) is 68.0 cm³/mol. The number of methoxy groups -OCH3 is 1. The molecule has 0 saturated heterocycles. The Morgan fingerprint density at radius 3 is 3.06 bits per heavy atom. The molecule has 3 N–H and O–H groups in total. The first-order valence-corrected chi connectivity index (χ1v) is 5.76. The zero-order valence-electron chi connectivity index (χ0n) is 10.1. The fraction of sp³-hybridized carbons (Fsp3) is 0.308. The van der Waals surface area contributed by atoms with Crippen molar-refractivity contribution in [2.24, 2.45) is 0 Å². The van der Waals surface area contributed by atoms with E-state index in [0.717, 1.165) is 16.5 Å². The molecule has 1 heterocycles. The molecule has 1 aromatic carbocycles. The van der Waals surface area contributed by atoms with Gasteiger partial charge in [-0.25, -0.2) is 0 Å². The average Bonchev–Trinajstić information content (AvgIpc) is 2.81. The summed E-state index contributed by atoms with van der Waals surface area (Å²) in [5.74, 6) is -0.516. The highest BCUT2D eigenvalue weighted by atomic mass is 16.6. The first-order valence-electron chi connectivity index (χ1n) is 5.76. The van der Waals surface area contributed by atoms with Gasteiger partial charge in [0, 0.05) is 30.8 Å². The number of para-hydroxylation sites is 1. The molecule has 1 atom stereocenters. The fourth-order valence-electron chi connectivity index (χ4n) is 1.85. The van der Waals surface area contributed by atoms with E-state index in [1.807, 2.05) is 30.5 Å². The summed E-state index contributed by atoms with van der Waals surface area (Å²) in [6, 6.07) is 7.99. The van der Waals surface area contributed by atoms with Crippen LogP contribution in [0.2, 0.25) is 0 Å². The summed E-state index contributed by atoms with van der Waals surface area (Å²) < 4.78 is 4.51. The lowest BCUT2D eigenvalue weighted by Crippen LogP contribution is -2.36. The number of aliphatic hydroxyl groups excluding tert-OH is 1. The number of aromatic amines is 1. The van der Waals surface area contributed by atoms with Crippen LogP contribution in [-0.2, 0) is 16.0 Å². The third kappa shape index (κ3) is 2.69. The molecule has 0 saturated carbocycles. The number of fused-ring (bicyclic) bond motifs is 1. The molecule has 2 aromatic rings. The van der Waals surface area contributed by atoms with Gasteiger partial charge in [0.1, 0.15) is 0 Å². The van der Waals surface area contributed by atoms with Crippen molar-refractivity contribution < 1.29 is 14.6 Å². The van der Waals surface area contributed by atoms with E-state index in [1.165, 1.54) is 7.11 Å². The van der Waals surface area contributed by atoms with Crippen LogP contribution in [0.15, 0.2) is 30.5 Å². The van der Waals surface area contributed by atoms with Crippen molar-refractivity contribution in [3.05, 3.63) is 36.0 Å². The van der Waals surface area contributed by atoms with Crippen molar-refractivity contribution in [2.75, 3.05) is 13.7 Å². The van der Waals surface area contributed by atoms with Gasteiger partial charge in [0.15, 0.2) is 0 Å². The first kappa shape index (κ1) is 12.6. The summed E-state index contributed by atoms with van der Waals surface area (Å²) >= 11 is 0. The number of aromatic nitrogens is 1. The Morgan fingerprint density at radius 1 is 1.50 bits per heavy atom. The van der Waals surface area contributed by atoms with E-state index < -0.39 is 12.2 Å². The van der Waals surface area contributed by atoms with Gasteiger partial charge in [0.05, 0.1) is 0 Å². The molecule has 2 rings (SSSR count). The second-order valence-electron chi connectivity index (χ2n) is 3.99. The van der Waals surface area contributed by atoms with Gasteiger partial charge in [-0.3, -0.25) is 4.79 Å². The van der Waals surface area contributed by atoms with Gasteiger partial charge < -0.3 is 20.1 Å². The van der Waals surface area contributed by atoms with Gasteiger partial charge in [-0.2, -0.15) is 0 Å². The number of aliphatic hydroxyl groups is 1. The highest BCUT2D eigenvalue weighted by molar-refractivity contribution is 5.83. The lowest BCUT2D eigenvalue weighted by Gasteiger charge is -2.08. The molecule has 1 unspecified atom stereocenters. The van der Waals surface area contributed by atoms with Crippen LogP contribution < -0.4 is 5.32 Å². The summed E-state index contributed by atoms with van der Waals surface area (Å²) in [6.45, 7) is 0.459. The SMILES string of the molecule is COC(O)C(=O)NCCc1c[nH]c2ccccc12. The molecule has 0 aliphatic rings. The van der Waals surface area contributed by atoms with Crippen molar-refractivity contribution >= 4 is 16.8 Å². The molecule has 0 aliphatic heterocycles. The van der Waals surface area contributed by atoms with Gasteiger partial charge in [0.25, 0.3) is 5.91 Å². The van der Waals surface area contributed by atoms with Gasteiger partial charge >= 0.3 is 0 Å². The van der Waals surface area contributed by atoms with Crippen molar-refractivity contribution in [3.63, 3.8) is 0 Å². The standard InChI is InChI=1S/C13H16N2O3/c1-18-13(17)12(16)14-7-6-9-8-15-11-5-3-2-4-10(9)11/h2-5,8,13,15,17H,6-7H2,1H3,(H,14,16). The Balaban J connectivity index is 1.93. The zero-order valence-corrected chi connectivity index (χ0v) is 10.1. The molecular formula is C13H16N2O3. The van der Waals surface area contributed by atoms with Crippen LogP contribution in [0, 0.1) is 0 Å². The maximum Gasteiger partial charge on any atom is 0.276 e. The molecule has 96 valence electrons. The Morgan fingerprint density at radius 2 is 2.28 bits per heavy atom. The van der Waals surface area contributed by atoms with Gasteiger partial charge in [-0.1, -0.05) is 18.2 Å². The summed E-state index contributed by atoms with van der Waals surface area (Å²) in [5, 5.41) is 12.9. The summed E-state index contributed by atoms with van der Waals surface area (Å²) in [5.41, 5.74) is 2.22. The van der Waals surface area contributed by atoms with Gasteiger partial charge in [-0.15, -0.1) is 0 Å². The van der Waals surface area contributed by atoms with E-state index >= 15 is 0 Å². The fourth-order valence-corrected chi connectivity index (χ4v) is 1.85. The molecule has 5 nitrogen and oxygen atoms in total. The van der Waals surface area contributed by atoms with E-state index in [1.54, 1.807) is 0 Å². The smallest absolute Gasteiger partial charge is 0.276 e. The first-order chi connectivity index (χ1) is 8.72. The van der Waals surface area contributed by atoms with E-state index in [2.05, 4.69) is 15.0 Å². The zero-order chi connectivity index (χ0) is 13.0. The number of hydrogen-bond acceptors (Lipinski definition) is 3. The number of rotatable bonds is 5. The Hall–Kier alpha value is -1.85. The topological polar surface area (TPSA) is 74.3 Å². The van der Waals surface area contributed by atoms with E-state index in [-0.39, 0.29) is 0 Å². The molecule has 1 aromatic heterocycles. The van der Waals surface area contributed by atoms with Crippen molar-refractivity contribution in [1.29, 1.82) is 0 Å². The van der Waals surface area contributed by atoms with Crippen molar-refractivity contribution in [2.45, 2.75) is 12.7 Å². The molecule has 0 radical (unpaired) electrons. The average molecular weight is 248 g/mol. The Bertz CT molecular complexity index is 536. The number of ether oxygens (including phenoxy) is 1. The quantitative estimate of drug-likeness (QED) is 0.685. The van der Waals surface area contributed by atoms with E-state index in [4.69, 9.17) is 5.11 Å². The minimum absolute atomic E-state index is 0.459. The second kappa shape index (κ2) is 5.66. The predicted octanol–water partition coefficient (Wildman–Crippen LogP) is 0.791. The van der Waals surface area contributed by atoms with Crippen molar-refractivity contribution in [3.8, 4) is 0 Å². The summed E-state index contributed by atoms with van der Waals surface area (Å²) in [4.78, 5) is 14.4. The summed E-state index contributed by atoms with van der Waals surface area (Å²) in [6.07, 6.45) is 1.24. The number of H-pyrrole nitrogens is 1. The molecule has 18 heavy (non-hydrogen) atoms. The number of nitrogens with one attached hydrogen (secondary N) is 2. The number of carbonyl (C=O) groups is 1. The van der Waals surface area contributed by atoms with Gasteiger partial charge in [-0.05, 0) is 18.1 Å². The largest absolute Gasteiger partial charge is 0.361 e. The Labute approximate surface area is 105 Å². The minimum Gasteiger partial charge on any atom is -0.361 e. The number of carbonyl (C=O) groups excluding carboxylic acids is 1. The van der Waals surface area contributed by atoms with Crippen LogP contribution in [0.4, 0.5) is 0 Å². The van der Waals surface area contributed by atoms with Crippen LogP contribution in [0.1, 0.15) is 5.56 Å².